The number of hydrogen-bond acceptors (Lipinski definition) is 4. The van der Waals surface area contributed by atoms with Crippen LogP contribution in [-0.2, 0) is 21.1 Å². The van der Waals surface area contributed by atoms with Gasteiger partial charge in [0.15, 0.2) is 5.65 Å². The van der Waals surface area contributed by atoms with E-state index in [1.807, 2.05) is 53.2 Å². The molecule has 0 bridgehead atoms. The van der Waals surface area contributed by atoms with Crippen LogP contribution in [0, 0.1) is 19.1 Å². The van der Waals surface area contributed by atoms with Gasteiger partial charge in [-0.2, -0.15) is 17.2 Å². The minimum absolute atomic E-state index is 0. The van der Waals surface area contributed by atoms with Crippen molar-refractivity contribution in [3.8, 4) is 28.4 Å². The minimum atomic E-state index is 0. The Hall–Kier alpha value is -5.32. The van der Waals surface area contributed by atoms with E-state index in [0.717, 1.165) is 54.9 Å². The van der Waals surface area contributed by atoms with Gasteiger partial charge < -0.3 is 9.30 Å². The normalized spacial score (nSPS) is 11.5. The van der Waals surface area contributed by atoms with Crippen molar-refractivity contribution < 1.29 is 25.8 Å². The summed E-state index contributed by atoms with van der Waals surface area (Å²) in [5, 5.41) is 9.91. The van der Waals surface area contributed by atoms with Gasteiger partial charge >= 0.3 is 21.1 Å². The van der Waals surface area contributed by atoms with Gasteiger partial charge in [-0.15, -0.1) is 35.0 Å². The number of rotatable bonds is 4. The molecule has 0 fully saturated rings. The Kier molecular flexibility index (Phi) is 6.47. The molecule has 9 rings (SSSR count). The second-order valence-corrected chi connectivity index (χ2v) is 10.9. The van der Waals surface area contributed by atoms with Crippen molar-refractivity contribution in [2.24, 2.45) is 0 Å². The number of pyridine rings is 2. The van der Waals surface area contributed by atoms with Crippen LogP contribution in [0.2, 0.25) is 0 Å². The van der Waals surface area contributed by atoms with Gasteiger partial charge in [0.2, 0.25) is 0 Å². The predicted molar refractivity (Wildman–Crippen MR) is 174 cm³/mol. The van der Waals surface area contributed by atoms with Gasteiger partial charge in [-0.3, -0.25) is 0 Å². The Morgan fingerprint density at radius 1 is 0.622 bits per heavy atom. The molecule has 4 heterocycles. The summed E-state index contributed by atoms with van der Waals surface area (Å²) >= 11 is 0. The summed E-state index contributed by atoms with van der Waals surface area (Å²) in [6, 6.07) is 44.3. The Bertz CT molecular complexity index is 2550. The standard InChI is InChI=1S/C38H23N5O.Pt/c1-24-9-2-3-10-27(24)30-13-8-14-33-37(30)32-19-17-25(21-34(32)42(33)36-15-6-7-20-39-36)44-26-16-18-29-28-11-4-5-12-31(28)38-40-23-41-43(38)35(29)22-26;/h2-20,23H,1H3;/q-2;+2. The molecule has 0 unspecified atom stereocenters. The molecule has 0 saturated carbocycles. The Labute approximate surface area is 272 Å². The molecule has 6 nitrogen and oxygen atoms in total. The molecule has 0 N–H and O–H groups in total. The molecular weight excluding hydrogens is 738 g/mol. The molecule has 0 atom stereocenters. The van der Waals surface area contributed by atoms with E-state index in [1.165, 1.54) is 16.7 Å². The molecule has 9 aromatic rings. The quantitative estimate of drug-likeness (QED) is 0.133. The second-order valence-electron chi connectivity index (χ2n) is 10.9. The fourth-order valence-corrected chi connectivity index (χ4v) is 6.38. The maximum absolute atomic E-state index is 6.45. The maximum Gasteiger partial charge on any atom is 2.00 e. The monoisotopic (exact) mass is 760 g/mol. The molecule has 0 amide bonds. The molecule has 4 aromatic heterocycles. The maximum atomic E-state index is 6.45. The molecule has 0 aliphatic carbocycles. The average Bonchev–Trinajstić information content (AvgIpc) is 3.69. The molecule has 216 valence electrons. The van der Waals surface area contributed by atoms with Crippen molar-refractivity contribution in [2.45, 2.75) is 6.92 Å². The van der Waals surface area contributed by atoms with E-state index in [4.69, 9.17) is 9.72 Å². The van der Waals surface area contributed by atoms with E-state index in [0.29, 0.717) is 11.5 Å². The summed E-state index contributed by atoms with van der Waals surface area (Å²) in [5.41, 5.74) is 7.15. The van der Waals surface area contributed by atoms with Gasteiger partial charge in [0.05, 0.1) is 0 Å². The molecule has 5 aromatic carbocycles. The third kappa shape index (κ3) is 4.25. The van der Waals surface area contributed by atoms with Gasteiger partial charge in [0.1, 0.15) is 12.1 Å². The number of aryl methyl sites for hydroxylation is 1. The van der Waals surface area contributed by atoms with Crippen molar-refractivity contribution in [1.82, 2.24) is 24.1 Å². The van der Waals surface area contributed by atoms with E-state index in [2.05, 4.69) is 100 Å². The first-order chi connectivity index (χ1) is 21.7. The molecule has 0 aliphatic rings. The van der Waals surface area contributed by atoms with Crippen molar-refractivity contribution in [3.05, 3.63) is 139 Å². The van der Waals surface area contributed by atoms with Crippen LogP contribution < -0.4 is 4.74 Å². The van der Waals surface area contributed by atoms with E-state index < -0.39 is 0 Å². The summed E-state index contributed by atoms with van der Waals surface area (Å²) in [7, 11) is 0. The molecule has 7 heteroatoms. The zero-order valence-corrected chi connectivity index (χ0v) is 26.3. The largest absolute Gasteiger partial charge is 2.00 e. The number of nitrogens with zero attached hydrogens (tertiary/aromatic N) is 5. The zero-order valence-electron chi connectivity index (χ0n) is 24.0. The number of fused-ring (bicyclic) bond motifs is 9. The van der Waals surface area contributed by atoms with E-state index >= 15 is 0 Å². The SMILES string of the molecule is Cc1ccccc1-c1cccc2c1c1ccc(Oc3[c-]c4c(cc3)c3ccccc3c3ncnn43)[c-]c1n2-c1ccccn1.[Pt+2]. The third-order valence-electron chi connectivity index (χ3n) is 8.32. The first kappa shape index (κ1) is 27.2. The first-order valence-electron chi connectivity index (χ1n) is 14.5. The van der Waals surface area contributed by atoms with Crippen LogP contribution in [0.5, 0.6) is 11.5 Å². The number of ether oxygens (including phenoxy) is 1. The van der Waals surface area contributed by atoms with Gasteiger partial charge in [-0.25, -0.2) is 14.5 Å². The van der Waals surface area contributed by atoms with Crippen molar-refractivity contribution in [2.75, 3.05) is 0 Å². The molecular formula is C38H23N5OPt. The third-order valence-corrected chi connectivity index (χ3v) is 8.32. The van der Waals surface area contributed by atoms with Crippen molar-refractivity contribution >= 4 is 49.1 Å². The van der Waals surface area contributed by atoms with Crippen LogP contribution in [0.15, 0.2) is 122 Å². The van der Waals surface area contributed by atoms with Crippen LogP contribution in [0.1, 0.15) is 5.56 Å². The molecule has 0 aliphatic heterocycles. The summed E-state index contributed by atoms with van der Waals surface area (Å²) < 4.78 is 10.4. The fourth-order valence-electron chi connectivity index (χ4n) is 6.38. The van der Waals surface area contributed by atoms with Crippen LogP contribution in [-0.4, -0.2) is 24.1 Å². The average molecular weight is 761 g/mol. The molecule has 45 heavy (non-hydrogen) atoms. The Balaban J connectivity index is 0.00000300. The Morgan fingerprint density at radius 2 is 1.36 bits per heavy atom. The van der Waals surface area contributed by atoms with Gasteiger partial charge in [0.25, 0.3) is 0 Å². The van der Waals surface area contributed by atoms with Gasteiger partial charge in [-0.05, 0) is 52.7 Å². The van der Waals surface area contributed by atoms with Crippen molar-refractivity contribution in [3.63, 3.8) is 0 Å². The van der Waals surface area contributed by atoms with Crippen LogP contribution in [0.4, 0.5) is 0 Å². The van der Waals surface area contributed by atoms with Crippen LogP contribution in [0.25, 0.3) is 66.1 Å². The number of aromatic nitrogens is 5. The minimum Gasteiger partial charge on any atom is -0.509 e. The van der Waals surface area contributed by atoms with Gasteiger partial charge in [0, 0.05) is 28.6 Å². The summed E-state index contributed by atoms with van der Waals surface area (Å²) in [5.74, 6) is 1.97. The van der Waals surface area contributed by atoms with E-state index in [9.17, 15) is 0 Å². The van der Waals surface area contributed by atoms with Gasteiger partial charge in [-0.1, -0.05) is 77.6 Å². The van der Waals surface area contributed by atoms with E-state index in [-0.39, 0.29) is 21.1 Å². The van der Waals surface area contributed by atoms with Crippen LogP contribution >= 0.6 is 0 Å². The number of benzene rings is 5. The molecule has 0 radical (unpaired) electrons. The first-order valence-corrected chi connectivity index (χ1v) is 14.5. The zero-order chi connectivity index (χ0) is 29.2. The van der Waals surface area contributed by atoms with Crippen molar-refractivity contribution in [1.29, 1.82) is 0 Å². The predicted octanol–water partition coefficient (Wildman–Crippen LogP) is 8.89. The smallest absolute Gasteiger partial charge is 0.509 e. The fraction of sp³-hybridized carbons (Fsp3) is 0.0263. The molecule has 0 saturated heterocycles. The summed E-state index contributed by atoms with van der Waals surface area (Å²) in [6.07, 6.45) is 3.39. The number of hydrogen-bond donors (Lipinski definition) is 0. The Morgan fingerprint density at radius 3 is 2.18 bits per heavy atom. The topological polar surface area (TPSA) is 57.2 Å². The van der Waals surface area contributed by atoms with Crippen LogP contribution in [0.3, 0.4) is 0 Å². The molecule has 0 spiro atoms. The van der Waals surface area contributed by atoms with E-state index in [1.54, 1.807) is 6.33 Å². The second kappa shape index (κ2) is 10.7. The summed E-state index contributed by atoms with van der Waals surface area (Å²) in [6.45, 7) is 2.15. The summed E-state index contributed by atoms with van der Waals surface area (Å²) in [4.78, 5) is 9.23.